The van der Waals surface area contributed by atoms with Gasteiger partial charge in [0.25, 0.3) is 0 Å². The van der Waals surface area contributed by atoms with Gasteiger partial charge in [-0.25, -0.2) is 0 Å². The normalized spacial score (nSPS) is 15.2. The molecule has 0 bridgehead atoms. The second-order valence-corrected chi connectivity index (χ2v) is 2.96. The van der Waals surface area contributed by atoms with Crippen LogP contribution >= 0.6 is 0 Å². The fourth-order valence-corrected chi connectivity index (χ4v) is 0.757. The summed E-state index contributed by atoms with van der Waals surface area (Å²) >= 11 is 0. The Morgan fingerprint density at radius 3 is 0.941 bits per heavy atom. The molecule has 1 nitrogen and oxygen atoms in total. The lowest BCUT2D eigenvalue weighted by Gasteiger charge is -2.24. The van der Waals surface area contributed by atoms with Crippen LogP contribution in [0.3, 0.4) is 0 Å². The summed E-state index contributed by atoms with van der Waals surface area (Å²) in [6.45, 7) is 0. The van der Waals surface area contributed by atoms with Gasteiger partial charge in [-0.05, 0) is 0 Å². The highest BCUT2D eigenvalue weighted by Gasteiger charge is 2.54. The Hall–Kier alpha value is -0.740. The van der Waals surface area contributed by atoms with Crippen LogP contribution in [0.2, 0.25) is 0 Å². The van der Waals surface area contributed by atoms with E-state index in [9.17, 15) is 43.9 Å². The van der Waals surface area contributed by atoms with Crippen LogP contribution < -0.4 is 0 Å². The Kier molecular flexibility index (Phi) is 4.30. The molecule has 0 heterocycles. The van der Waals surface area contributed by atoms with E-state index in [1.165, 1.54) is 0 Å². The zero-order valence-electron chi connectivity index (χ0n) is 7.60. The Labute approximate surface area is 87.3 Å². The minimum Gasteiger partial charge on any atom is -0.255 e. The largest absolute Gasteiger partial charge is 0.397 e. The van der Waals surface area contributed by atoms with Gasteiger partial charge < -0.3 is 0 Å². The summed E-state index contributed by atoms with van der Waals surface area (Å²) in [5, 5.41) is 0. The van der Waals surface area contributed by atoms with Crippen LogP contribution in [-0.2, 0) is 4.74 Å². The highest BCUT2D eigenvalue weighted by atomic mass is 19.4. The van der Waals surface area contributed by atoms with E-state index in [4.69, 9.17) is 0 Å². The van der Waals surface area contributed by atoms with Crippen molar-refractivity contribution in [2.45, 2.75) is 37.4 Å². The fourth-order valence-electron chi connectivity index (χ4n) is 0.757. The lowest BCUT2D eigenvalue weighted by atomic mass is 10.3. The Morgan fingerprint density at radius 1 is 0.529 bits per heavy atom. The van der Waals surface area contributed by atoms with E-state index in [0.29, 0.717) is 0 Å². The number of rotatable bonds is 4. The molecule has 104 valence electrons. The van der Waals surface area contributed by atoms with Crippen molar-refractivity contribution < 1.29 is 48.6 Å². The molecular formula is C6H4F10O. The maximum absolute atomic E-state index is 12.2. The molecule has 0 spiro atoms. The van der Waals surface area contributed by atoms with Crippen LogP contribution in [0.4, 0.5) is 43.9 Å². The van der Waals surface area contributed by atoms with Gasteiger partial charge in [-0.2, -0.15) is 43.9 Å². The first-order valence-electron chi connectivity index (χ1n) is 3.71. The van der Waals surface area contributed by atoms with E-state index in [0.717, 1.165) is 0 Å². The maximum atomic E-state index is 12.2. The quantitative estimate of drug-likeness (QED) is 0.705. The first-order chi connectivity index (χ1) is 7.12. The molecule has 0 saturated carbocycles. The van der Waals surface area contributed by atoms with Gasteiger partial charge in [0.2, 0.25) is 0 Å². The Balaban J connectivity index is 4.59. The molecule has 0 aromatic carbocycles. The van der Waals surface area contributed by atoms with E-state index < -0.39 is 37.4 Å². The van der Waals surface area contributed by atoms with Crippen LogP contribution in [0, 0.1) is 0 Å². The van der Waals surface area contributed by atoms with E-state index >= 15 is 0 Å². The van der Waals surface area contributed by atoms with Crippen molar-refractivity contribution in [3.8, 4) is 0 Å². The molecule has 0 saturated heterocycles. The van der Waals surface area contributed by atoms with Gasteiger partial charge in [-0.1, -0.05) is 0 Å². The summed E-state index contributed by atoms with van der Waals surface area (Å²) in [5.74, 6) is 0. The molecule has 0 aromatic rings. The monoisotopic (exact) mass is 282 g/mol. The van der Waals surface area contributed by atoms with E-state index in [1.54, 1.807) is 0 Å². The molecule has 0 aliphatic rings. The predicted molar refractivity (Wildman–Crippen MR) is 32.3 cm³/mol. The topological polar surface area (TPSA) is 9.23 Å². The smallest absolute Gasteiger partial charge is 0.255 e. The summed E-state index contributed by atoms with van der Waals surface area (Å²) in [6.07, 6.45) is -28.2. The van der Waals surface area contributed by atoms with E-state index in [1.807, 2.05) is 0 Å². The summed E-state index contributed by atoms with van der Waals surface area (Å²) < 4.78 is 120. The second kappa shape index (κ2) is 4.50. The molecule has 0 atom stereocenters. The maximum Gasteiger partial charge on any atom is 0.397 e. The molecule has 0 aliphatic carbocycles. The number of alkyl halides is 10. The third-order valence-electron chi connectivity index (χ3n) is 1.11. The van der Waals surface area contributed by atoms with Crippen molar-refractivity contribution in [1.29, 1.82) is 0 Å². The first kappa shape index (κ1) is 16.3. The van der Waals surface area contributed by atoms with Gasteiger partial charge in [0.1, 0.15) is 12.8 Å². The molecule has 0 aliphatic heterocycles. The van der Waals surface area contributed by atoms with Gasteiger partial charge in [0, 0.05) is 0 Å². The van der Waals surface area contributed by atoms with Gasteiger partial charge in [-0.3, -0.25) is 4.74 Å². The van der Waals surface area contributed by atoms with Crippen LogP contribution in [0.1, 0.15) is 12.8 Å². The second-order valence-electron chi connectivity index (χ2n) is 2.96. The van der Waals surface area contributed by atoms with E-state index in [2.05, 4.69) is 4.74 Å². The SMILES string of the molecule is FC(F)(F)CC(F)(F)OC(F)(F)CC(F)(F)F. The zero-order chi connectivity index (χ0) is 14.1. The lowest BCUT2D eigenvalue weighted by molar-refractivity contribution is -0.407. The molecule has 17 heavy (non-hydrogen) atoms. The van der Waals surface area contributed by atoms with Crippen LogP contribution in [-0.4, -0.2) is 24.6 Å². The first-order valence-corrected chi connectivity index (χ1v) is 3.71. The zero-order valence-corrected chi connectivity index (χ0v) is 7.60. The lowest BCUT2D eigenvalue weighted by Crippen LogP contribution is -2.39. The third kappa shape index (κ3) is 9.01. The molecule has 0 N–H and O–H groups in total. The van der Waals surface area contributed by atoms with Gasteiger partial charge in [0.15, 0.2) is 0 Å². The average Bonchev–Trinajstić information content (AvgIpc) is 1.65. The molecule has 0 rings (SSSR count). The van der Waals surface area contributed by atoms with Crippen LogP contribution in [0.15, 0.2) is 0 Å². The summed E-state index contributed by atoms with van der Waals surface area (Å²) in [7, 11) is 0. The highest BCUT2D eigenvalue weighted by molar-refractivity contribution is 4.67. The predicted octanol–water partition coefficient (Wildman–Crippen LogP) is 4.09. The molecular weight excluding hydrogens is 278 g/mol. The summed E-state index contributed by atoms with van der Waals surface area (Å²) in [4.78, 5) is 0. The molecule has 11 heteroatoms. The third-order valence-corrected chi connectivity index (χ3v) is 1.11. The molecule has 0 aromatic heterocycles. The minimum absolute atomic E-state index is 2.27. The van der Waals surface area contributed by atoms with Crippen molar-refractivity contribution in [2.24, 2.45) is 0 Å². The van der Waals surface area contributed by atoms with Gasteiger partial charge in [-0.15, -0.1) is 0 Å². The van der Waals surface area contributed by atoms with Crippen LogP contribution in [0.25, 0.3) is 0 Å². The highest BCUT2D eigenvalue weighted by Crippen LogP contribution is 2.40. The molecule has 0 radical (unpaired) electrons. The minimum atomic E-state index is -5.56. The van der Waals surface area contributed by atoms with Crippen molar-refractivity contribution in [3.63, 3.8) is 0 Å². The number of ether oxygens (including phenoxy) is 1. The van der Waals surface area contributed by atoms with Gasteiger partial charge in [0.05, 0.1) is 0 Å². The Morgan fingerprint density at radius 2 is 0.765 bits per heavy atom. The average molecular weight is 282 g/mol. The molecule has 0 unspecified atom stereocenters. The van der Waals surface area contributed by atoms with Crippen molar-refractivity contribution in [1.82, 2.24) is 0 Å². The standard InChI is InChI=1S/C6H4F10O/c7-3(8,9)1-5(13,14)17-6(15,16)2-4(10,11)12/h1-2H2. The van der Waals surface area contributed by atoms with Crippen molar-refractivity contribution in [2.75, 3.05) is 0 Å². The summed E-state index contributed by atoms with van der Waals surface area (Å²) in [5.41, 5.74) is 0. The van der Waals surface area contributed by atoms with Crippen molar-refractivity contribution >= 4 is 0 Å². The summed E-state index contributed by atoms with van der Waals surface area (Å²) in [6, 6.07) is 0. The van der Waals surface area contributed by atoms with Gasteiger partial charge >= 0.3 is 24.6 Å². The fraction of sp³-hybridized carbons (Fsp3) is 1.00. The number of hydrogen-bond acceptors (Lipinski definition) is 1. The molecule has 0 fully saturated rings. The Bertz CT molecular complexity index is 225. The van der Waals surface area contributed by atoms with Crippen LogP contribution in [0.5, 0.6) is 0 Å². The van der Waals surface area contributed by atoms with Crippen molar-refractivity contribution in [3.05, 3.63) is 0 Å². The molecule has 0 amide bonds. The number of halogens is 10. The van der Waals surface area contributed by atoms with E-state index in [-0.39, 0.29) is 0 Å². The number of hydrogen-bond donors (Lipinski definition) is 0.